The number of nitrogens with one attached hydrogen (secondary N) is 1. The Morgan fingerprint density at radius 1 is 1.50 bits per heavy atom. The van der Waals surface area contributed by atoms with E-state index in [-0.39, 0.29) is 36.7 Å². The Kier molecular flexibility index (Phi) is 7.06. The maximum atomic E-state index is 13.5. The Labute approximate surface area is 137 Å². The molecular weight excluding hydrogens is 309 g/mol. The van der Waals surface area contributed by atoms with E-state index >= 15 is 0 Å². The second kappa shape index (κ2) is 8.11. The molecule has 0 aromatic heterocycles. The van der Waals surface area contributed by atoms with E-state index in [0.717, 1.165) is 6.54 Å². The molecule has 126 valence electrons. The first-order valence-electron chi connectivity index (χ1n) is 7.34. The number of ether oxygens (including phenoxy) is 2. The van der Waals surface area contributed by atoms with Crippen LogP contribution in [0, 0.1) is 11.7 Å². The van der Waals surface area contributed by atoms with Crippen molar-refractivity contribution >= 4 is 12.4 Å². The van der Waals surface area contributed by atoms with Gasteiger partial charge in [0.15, 0.2) is 0 Å². The molecular formula is C16H25ClFNO3. The van der Waals surface area contributed by atoms with Gasteiger partial charge in [0.1, 0.15) is 11.6 Å². The van der Waals surface area contributed by atoms with E-state index in [1.165, 1.54) is 12.1 Å². The van der Waals surface area contributed by atoms with Crippen molar-refractivity contribution in [3.63, 3.8) is 0 Å². The van der Waals surface area contributed by atoms with Crippen LogP contribution in [0.4, 0.5) is 4.39 Å². The molecule has 1 aromatic carbocycles. The lowest BCUT2D eigenvalue weighted by atomic mass is 9.79. The fraction of sp³-hybridized carbons (Fsp3) is 0.625. The summed E-state index contributed by atoms with van der Waals surface area (Å²) in [7, 11) is 1.55. The molecule has 0 amide bonds. The van der Waals surface area contributed by atoms with Gasteiger partial charge in [-0.15, -0.1) is 12.4 Å². The number of hydrogen-bond donors (Lipinski definition) is 2. The SMILES string of the molecule is COc1ccc(F)cc1CC(O)(C(C)C)C1CNCCO1.Cl. The Morgan fingerprint density at radius 2 is 2.23 bits per heavy atom. The number of halogens is 2. The molecule has 6 heteroatoms. The van der Waals surface area contributed by atoms with Gasteiger partial charge in [-0.1, -0.05) is 13.8 Å². The smallest absolute Gasteiger partial charge is 0.123 e. The molecule has 2 N–H and O–H groups in total. The molecule has 2 unspecified atom stereocenters. The van der Waals surface area contributed by atoms with E-state index in [4.69, 9.17) is 9.47 Å². The van der Waals surface area contributed by atoms with Crippen molar-refractivity contribution in [3.8, 4) is 5.75 Å². The summed E-state index contributed by atoms with van der Waals surface area (Å²) in [5, 5.41) is 14.4. The number of methoxy groups -OCH3 is 1. The van der Waals surface area contributed by atoms with Crippen LogP contribution in [0.15, 0.2) is 18.2 Å². The normalized spacial score (nSPS) is 21.1. The molecule has 1 heterocycles. The topological polar surface area (TPSA) is 50.7 Å². The molecule has 22 heavy (non-hydrogen) atoms. The van der Waals surface area contributed by atoms with Gasteiger partial charge in [0, 0.05) is 19.5 Å². The van der Waals surface area contributed by atoms with Gasteiger partial charge in [-0.2, -0.15) is 0 Å². The van der Waals surface area contributed by atoms with Crippen LogP contribution in [0.5, 0.6) is 5.75 Å². The third-order valence-corrected chi connectivity index (χ3v) is 4.20. The first kappa shape index (κ1) is 19.2. The van der Waals surface area contributed by atoms with Crippen LogP contribution in [0.25, 0.3) is 0 Å². The van der Waals surface area contributed by atoms with Crippen LogP contribution < -0.4 is 10.1 Å². The highest BCUT2D eigenvalue weighted by atomic mass is 35.5. The molecule has 1 fully saturated rings. The van der Waals surface area contributed by atoms with Crippen molar-refractivity contribution in [1.82, 2.24) is 5.32 Å². The van der Waals surface area contributed by atoms with Gasteiger partial charge >= 0.3 is 0 Å². The van der Waals surface area contributed by atoms with E-state index in [1.54, 1.807) is 13.2 Å². The second-order valence-corrected chi connectivity index (χ2v) is 5.84. The highest BCUT2D eigenvalue weighted by molar-refractivity contribution is 5.85. The Bertz CT molecular complexity index is 480. The fourth-order valence-electron chi connectivity index (χ4n) is 2.77. The standard InChI is InChI=1S/C16H24FNO3.ClH/c1-11(2)16(19,15-10-18-6-7-21-15)9-12-8-13(17)4-5-14(12)20-3;/h4-5,8,11,15,18-19H,6-7,9-10H2,1-3H3;1H. The zero-order chi connectivity index (χ0) is 15.5. The zero-order valence-electron chi connectivity index (χ0n) is 13.3. The number of rotatable bonds is 5. The molecule has 0 aliphatic carbocycles. The summed E-state index contributed by atoms with van der Waals surface area (Å²) in [6.45, 7) is 5.84. The summed E-state index contributed by atoms with van der Waals surface area (Å²) in [5.41, 5.74) is -0.419. The average molecular weight is 334 g/mol. The molecule has 0 spiro atoms. The van der Waals surface area contributed by atoms with Crippen molar-refractivity contribution in [2.45, 2.75) is 32.0 Å². The van der Waals surface area contributed by atoms with E-state index < -0.39 is 5.60 Å². The highest BCUT2D eigenvalue weighted by Gasteiger charge is 2.42. The number of morpholine rings is 1. The van der Waals surface area contributed by atoms with Crippen molar-refractivity contribution in [2.24, 2.45) is 5.92 Å². The van der Waals surface area contributed by atoms with Crippen LogP contribution in [0.3, 0.4) is 0 Å². The van der Waals surface area contributed by atoms with Gasteiger partial charge in [0.2, 0.25) is 0 Å². The van der Waals surface area contributed by atoms with Gasteiger partial charge in [-0.3, -0.25) is 0 Å². The second-order valence-electron chi connectivity index (χ2n) is 5.84. The van der Waals surface area contributed by atoms with E-state index in [0.29, 0.717) is 24.5 Å². The minimum atomic E-state index is -1.07. The summed E-state index contributed by atoms with van der Waals surface area (Å²) in [6, 6.07) is 4.36. The van der Waals surface area contributed by atoms with Crippen LogP contribution in [0.2, 0.25) is 0 Å². The maximum Gasteiger partial charge on any atom is 0.123 e. The lowest BCUT2D eigenvalue weighted by Gasteiger charge is -2.41. The first-order valence-corrected chi connectivity index (χ1v) is 7.34. The van der Waals surface area contributed by atoms with E-state index in [1.807, 2.05) is 13.8 Å². The van der Waals surface area contributed by atoms with Crippen LogP contribution in [-0.2, 0) is 11.2 Å². The third kappa shape index (κ3) is 4.10. The van der Waals surface area contributed by atoms with Gasteiger partial charge in [0.05, 0.1) is 25.4 Å². The molecule has 0 saturated carbocycles. The molecule has 1 saturated heterocycles. The molecule has 1 aromatic rings. The fourth-order valence-corrected chi connectivity index (χ4v) is 2.77. The van der Waals surface area contributed by atoms with E-state index in [2.05, 4.69) is 5.32 Å². The lowest BCUT2D eigenvalue weighted by Crippen LogP contribution is -2.57. The van der Waals surface area contributed by atoms with Crippen molar-refractivity contribution < 1.29 is 19.0 Å². The molecule has 4 nitrogen and oxygen atoms in total. The van der Waals surface area contributed by atoms with Crippen molar-refractivity contribution in [1.29, 1.82) is 0 Å². The monoisotopic (exact) mass is 333 g/mol. The van der Waals surface area contributed by atoms with Crippen molar-refractivity contribution in [3.05, 3.63) is 29.6 Å². The predicted octanol–water partition coefficient (Wildman–Crippen LogP) is 2.17. The van der Waals surface area contributed by atoms with Gasteiger partial charge in [0.25, 0.3) is 0 Å². The molecule has 1 aliphatic rings. The van der Waals surface area contributed by atoms with Gasteiger partial charge in [-0.25, -0.2) is 4.39 Å². The zero-order valence-corrected chi connectivity index (χ0v) is 14.1. The summed E-state index contributed by atoms with van der Waals surface area (Å²) in [5.74, 6) is 0.217. The van der Waals surface area contributed by atoms with Crippen LogP contribution >= 0.6 is 12.4 Å². The van der Waals surface area contributed by atoms with Gasteiger partial charge in [-0.05, 0) is 29.7 Å². The molecule has 1 aliphatic heterocycles. The minimum Gasteiger partial charge on any atom is -0.496 e. The number of benzene rings is 1. The highest BCUT2D eigenvalue weighted by Crippen LogP contribution is 2.32. The Morgan fingerprint density at radius 3 is 2.77 bits per heavy atom. The molecule has 0 bridgehead atoms. The first-order chi connectivity index (χ1) is 9.97. The van der Waals surface area contributed by atoms with Gasteiger partial charge < -0.3 is 19.9 Å². The Balaban J connectivity index is 0.00000242. The minimum absolute atomic E-state index is 0. The Hall–Kier alpha value is -0.880. The quantitative estimate of drug-likeness (QED) is 0.867. The summed E-state index contributed by atoms with van der Waals surface area (Å²) < 4.78 is 24.5. The largest absolute Gasteiger partial charge is 0.496 e. The average Bonchev–Trinajstić information content (AvgIpc) is 2.48. The summed E-state index contributed by atoms with van der Waals surface area (Å²) in [6.07, 6.45) is -0.0305. The predicted molar refractivity (Wildman–Crippen MR) is 86.3 cm³/mol. The maximum absolute atomic E-state index is 13.5. The molecule has 2 rings (SSSR count). The van der Waals surface area contributed by atoms with Crippen LogP contribution in [-0.4, -0.2) is 43.6 Å². The number of hydrogen-bond acceptors (Lipinski definition) is 4. The van der Waals surface area contributed by atoms with Crippen LogP contribution in [0.1, 0.15) is 19.4 Å². The summed E-state index contributed by atoms with van der Waals surface area (Å²) >= 11 is 0. The molecule has 2 atom stereocenters. The van der Waals surface area contributed by atoms with E-state index in [9.17, 15) is 9.50 Å². The summed E-state index contributed by atoms with van der Waals surface area (Å²) in [4.78, 5) is 0. The number of aliphatic hydroxyl groups is 1. The van der Waals surface area contributed by atoms with Crippen molar-refractivity contribution in [2.75, 3.05) is 26.8 Å². The lowest BCUT2D eigenvalue weighted by molar-refractivity contribution is -0.141. The third-order valence-electron chi connectivity index (χ3n) is 4.20. The molecule has 0 radical (unpaired) electrons.